The molecule has 0 aliphatic carbocycles. The quantitative estimate of drug-likeness (QED) is 0.458. The SMILES string of the molecule is CO[C@H]1[C@H](Cc2ccccc2)C(=O)c2cc(-c3ccc4ccccc4n3)ccc2S1=O. The minimum Gasteiger partial charge on any atom is -0.367 e. The molecule has 4 nitrogen and oxygen atoms in total. The van der Waals surface area contributed by atoms with E-state index in [0.29, 0.717) is 16.9 Å². The third-order valence-electron chi connectivity index (χ3n) is 5.76. The largest absolute Gasteiger partial charge is 0.367 e. The van der Waals surface area contributed by atoms with Crippen molar-refractivity contribution in [2.45, 2.75) is 16.8 Å². The van der Waals surface area contributed by atoms with Gasteiger partial charge in [0.2, 0.25) is 0 Å². The number of methoxy groups -OCH3 is 1. The van der Waals surface area contributed by atoms with Gasteiger partial charge < -0.3 is 4.74 Å². The standard InChI is InChI=1S/C26H21NO3S/c1-30-26-21(15-17-7-3-2-4-8-17)25(28)20-16-19(12-14-24(20)31(26)29)23-13-11-18-9-5-6-10-22(18)27-23/h2-14,16,21,26H,15H2,1H3/t21-,26-,31?/m1/s1. The summed E-state index contributed by atoms with van der Waals surface area (Å²) < 4.78 is 18.8. The Hall–Kier alpha value is -3.15. The van der Waals surface area contributed by atoms with Crippen molar-refractivity contribution in [2.75, 3.05) is 7.11 Å². The normalized spacial score (nSPS) is 20.5. The van der Waals surface area contributed by atoms with Gasteiger partial charge in [-0.1, -0.05) is 60.7 Å². The molecule has 0 amide bonds. The van der Waals surface area contributed by atoms with Gasteiger partial charge in [0.25, 0.3) is 0 Å². The summed E-state index contributed by atoms with van der Waals surface area (Å²) in [5.41, 5.74) is 3.38. The first-order valence-corrected chi connectivity index (χ1v) is 11.4. The Labute approximate surface area is 183 Å². The summed E-state index contributed by atoms with van der Waals surface area (Å²) in [7, 11) is 0.0923. The minimum absolute atomic E-state index is 0.0343. The van der Waals surface area contributed by atoms with Gasteiger partial charge in [-0.2, -0.15) is 0 Å². The van der Waals surface area contributed by atoms with Crippen molar-refractivity contribution >= 4 is 27.5 Å². The number of aromatic nitrogens is 1. The van der Waals surface area contributed by atoms with Gasteiger partial charge in [-0.3, -0.25) is 9.00 Å². The van der Waals surface area contributed by atoms with E-state index in [4.69, 9.17) is 9.72 Å². The number of ketones is 1. The lowest BCUT2D eigenvalue weighted by atomic mass is 9.90. The molecule has 0 saturated heterocycles. The van der Waals surface area contributed by atoms with Crippen LogP contribution in [0, 0.1) is 5.92 Å². The molecular formula is C26H21NO3S. The van der Waals surface area contributed by atoms with Gasteiger partial charge in [-0.15, -0.1) is 0 Å². The van der Waals surface area contributed by atoms with E-state index in [1.165, 1.54) is 7.11 Å². The topological polar surface area (TPSA) is 56.3 Å². The molecular weight excluding hydrogens is 406 g/mol. The highest BCUT2D eigenvalue weighted by atomic mass is 32.2. The van der Waals surface area contributed by atoms with E-state index < -0.39 is 22.2 Å². The monoisotopic (exact) mass is 427 g/mol. The Bertz CT molecular complexity index is 1300. The fourth-order valence-corrected chi connectivity index (χ4v) is 5.71. The van der Waals surface area contributed by atoms with Gasteiger partial charge in [0.1, 0.15) is 5.44 Å². The van der Waals surface area contributed by atoms with Crippen molar-refractivity contribution in [3.8, 4) is 11.3 Å². The van der Waals surface area contributed by atoms with E-state index in [1.807, 2.05) is 78.9 Å². The third kappa shape index (κ3) is 3.60. The molecule has 0 radical (unpaired) electrons. The van der Waals surface area contributed by atoms with Crippen LogP contribution < -0.4 is 0 Å². The van der Waals surface area contributed by atoms with Crippen molar-refractivity contribution < 1.29 is 13.7 Å². The van der Waals surface area contributed by atoms with Gasteiger partial charge in [0.05, 0.1) is 32.8 Å². The molecule has 1 aromatic heterocycles. The predicted octanol–water partition coefficient (Wildman–Crippen LogP) is 5.04. The number of hydrogen-bond acceptors (Lipinski definition) is 4. The van der Waals surface area contributed by atoms with Crippen molar-refractivity contribution in [1.82, 2.24) is 4.98 Å². The molecule has 5 heteroatoms. The van der Waals surface area contributed by atoms with Crippen molar-refractivity contribution in [3.63, 3.8) is 0 Å². The molecule has 0 fully saturated rings. The van der Waals surface area contributed by atoms with Crippen LogP contribution in [-0.2, 0) is 22.0 Å². The molecule has 31 heavy (non-hydrogen) atoms. The molecule has 0 saturated carbocycles. The van der Waals surface area contributed by atoms with Gasteiger partial charge in [-0.25, -0.2) is 4.98 Å². The molecule has 1 aliphatic rings. The number of rotatable bonds is 4. The lowest BCUT2D eigenvalue weighted by Crippen LogP contribution is -2.40. The number of para-hydroxylation sites is 1. The van der Waals surface area contributed by atoms with Crippen molar-refractivity contribution in [3.05, 3.63) is 96.1 Å². The second-order valence-corrected chi connectivity index (χ2v) is 9.16. The second-order valence-electron chi connectivity index (χ2n) is 7.66. The first-order valence-electron chi connectivity index (χ1n) is 10.2. The van der Waals surface area contributed by atoms with Crippen LogP contribution in [0.4, 0.5) is 0 Å². The number of fused-ring (bicyclic) bond motifs is 2. The first kappa shape index (κ1) is 19.8. The van der Waals surface area contributed by atoms with Gasteiger partial charge >= 0.3 is 0 Å². The number of ether oxygens (including phenoxy) is 1. The van der Waals surface area contributed by atoms with E-state index in [1.54, 1.807) is 6.07 Å². The molecule has 1 unspecified atom stereocenters. The minimum atomic E-state index is -1.43. The summed E-state index contributed by atoms with van der Waals surface area (Å²) in [6, 6.07) is 27.2. The van der Waals surface area contributed by atoms with Crippen LogP contribution in [0.15, 0.2) is 89.8 Å². The summed E-state index contributed by atoms with van der Waals surface area (Å²) >= 11 is 0. The van der Waals surface area contributed by atoms with Gasteiger partial charge in [0.15, 0.2) is 5.78 Å². The van der Waals surface area contributed by atoms with Gasteiger partial charge in [0, 0.05) is 23.6 Å². The maximum atomic E-state index is 13.5. The van der Waals surface area contributed by atoms with Gasteiger partial charge in [-0.05, 0) is 36.2 Å². The molecule has 3 atom stereocenters. The van der Waals surface area contributed by atoms with Crippen LogP contribution in [0.5, 0.6) is 0 Å². The Kier molecular flexibility index (Phi) is 5.22. The number of pyridine rings is 1. The Balaban J connectivity index is 1.56. The second kappa shape index (κ2) is 8.17. The summed E-state index contributed by atoms with van der Waals surface area (Å²) in [5.74, 6) is -0.534. The lowest BCUT2D eigenvalue weighted by Gasteiger charge is -2.30. The van der Waals surface area contributed by atoms with Crippen LogP contribution in [0.25, 0.3) is 22.2 Å². The zero-order valence-electron chi connectivity index (χ0n) is 17.0. The molecule has 2 heterocycles. The highest BCUT2D eigenvalue weighted by Crippen LogP contribution is 2.35. The fraction of sp³-hybridized carbons (Fsp3) is 0.154. The van der Waals surface area contributed by atoms with E-state index in [0.717, 1.165) is 27.7 Å². The highest BCUT2D eigenvalue weighted by molar-refractivity contribution is 7.85. The number of nitrogens with zero attached hydrogens (tertiary/aromatic N) is 1. The maximum Gasteiger partial charge on any atom is 0.171 e. The van der Waals surface area contributed by atoms with Crippen LogP contribution in [0.1, 0.15) is 15.9 Å². The van der Waals surface area contributed by atoms with E-state index in [9.17, 15) is 9.00 Å². The van der Waals surface area contributed by atoms with E-state index in [2.05, 4.69) is 0 Å². The lowest BCUT2D eigenvalue weighted by molar-refractivity contribution is 0.0713. The molecule has 5 rings (SSSR count). The molecule has 0 spiro atoms. The Morgan fingerprint density at radius 1 is 0.935 bits per heavy atom. The third-order valence-corrected chi connectivity index (χ3v) is 7.50. The summed E-state index contributed by atoms with van der Waals surface area (Å²) in [6.07, 6.45) is 0.488. The summed E-state index contributed by atoms with van der Waals surface area (Å²) in [6.45, 7) is 0. The van der Waals surface area contributed by atoms with Crippen LogP contribution >= 0.6 is 0 Å². The summed E-state index contributed by atoms with van der Waals surface area (Å²) in [5, 5.41) is 1.06. The van der Waals surface area contributed by atoms with Crippen LogP contribution in [0.3, 0.4) is 0 Å². The van der Waals surface area contributed by atoms with Crippen LogP contribution in [0.2, 0.25) is 0 Å². The van der Waals surface area contributed by atoms with E-state index >= 15 is 0 Å². The van der Waals surface area contributed by atoms with Crippen molar-refractivity contribution in [1.29, 1.82) is 0 Å². The predicted molar refractivity (Wildman–Crippen MR) is 122 cm³/mol. The number of hydrogen-bond donors (Lipinski definition) is 0. The zero-order chi connectivity index (χ0) is 21.4. The first-order chi connectivity index (χ1) is 15.2. The maximum absolute atomic E-state index is 13.5. The average Bonchev–Trinajstić information content (AvgIpc) is 2.82. The molecule has 1 aliphatic heterocycles. The Morgan fingerprint density at radius 2 is 1.71 bits per heavy atom. The molecule has 154 valence electrons. The zero-order valence-corrected chi connectivity index (χ0v) is 17.8. The van der Waals surface area contributed by atoms with Crippen LogP contribution in [-0.4, -0.2) is 27.5 Å². The van der Waals surface area contributed by atoms with E-state index in [-0.39, 0.29) is 5.78 Å². The molecule has 3 aromatic carbocycles. The summed E-state index contributed by atoms with van der Waals surface area (Å²) in [4.78, 5) is 18.8. The number of benzene rings is 3. The van der Waals surface area contributed by atoms with Crippen molar-refractivity contribution in [2.24, 2.45) is 5.92 Å². The number of carbonyl (C=O) groups is 1. The highest BCUT2D eigenvalue weighted by Gasteiger charge is 2.41. The molecule has 0 bridgehead atoms. The molecule has 4 aromatic rings. The number of carbonyl (C=O) groups excluding carboxylic acids is 1. The Morgan fingerprint density at radius 3 is 2.52 bits per heavy atom. The fourth-order valence-electron chi connectivity index (χ4n) is 4.19. The number of Topliss-reactive ketones (excluding diaryl/α,β-unsaturated/α-hetero) is 1. The molecule has 0 N–H and O–H groups in total. The average molecular weight is 428 g/mol. The smallest absolute Gasteiger partial charge is 0.171 e.